The summed E-state index contributed by atoms with van der Waals surface area (Å²) in [4.78, 5) is 0. The van der Waals surface area contributed by atoms with Gasteiger partial charge < -0.3 is 0 Å². The van der Waals surface area contributed by atoms with E-state index in [1.54, 1.807) is 11.1 Å². The lowest BCUT2D eigenvalue weighted by molar-refractivity contribution is 0.435. The van der Waals surface area contributed by atoms with Crippen molar-refractivity contribution < 1.29 is 0 Å². The molecule has 0 radical (unpaired) electrons. The van der Waals surface area contributed by atoms with Gasteiger partial charge in [-0.1, -0.05) is 30.2 Å². The van der Waals surface area contributed by atoms with Crippen LogP contribution < -0.4 is 0 Å². The van der Waals surface area contributed by atoms with E-state index in [1.807, 2.05) is 0 Å². The van der Waals surface area contributed by atoms with E-state index in [1.165, 1.54) is 31.2 Å². The van der Waals surface area contributed by atoms with E-state index in [-0.39, 0.29) is 0 Å². The Bertz CT molecular complexity index is 338. The maximum atomic E-state index is 2.42. The van der Waals surface area contributed by atoms with Crippen molar-refractivity contribution in [3.05, 3.63) is 34.9 Å². The van der Waals surface area contributed by atoms with Crippen LogP contribution in [0.3, 0.4) is 0 Å². The van der Waals surface area contributed by atoms with Gasteiger partial charge in [-0.05, 0) is 49.1 Å². The SMILES string of the molecule is Cc1ccc2c(c1)C1CCCC2C1. The molecule has 2 unspecified atom stereocenters. The average molecular weight is 172 g/mol. The summed E-state index contributed by atoms with van der Waals surface area (Å²) in [5.74, 6) is 1.82. The molecule has 0 heteroatoms. The largest absolute Gasteiger partial charge is 0.0590 e. The molecule has 0 aliphatic heterocycles. The Morgan fingerprint density at radius 3 is 2.69 bits per heavy atom. The highest BCUT2D eigenvalue weighted by Gasteiger charge is 2.33. The molecule has 0 N–H and O–H groups in total. The molecule has 0 saturated heterocycles. The van der Waals surface area contributed by atoms with E-state index in [0.29, 0.717) is 0 Å². The van der Waals surface area contributed by atoms with Crippen LogP contribution in [-0.2, 0) is 0 Å². The third-order valence-electron chi connectivity index (χ3n) is 3.80. The smallest absolute Gasteiger partial charge is 0.0153 e. The van der Waals surface area contributed by atoms with Gasteiger partial charge in [-0.25, -0.2) is 0 Å². The zero-order chi connectivity index (χ0) is 8.84. The van der Waals surface area contributed by atoms with Gasteiger partial charge in [-0.15, -0.1) is 0 Å². The first kappa shape index (κ1) is 7.61. The first-order chi connectivity index (χ1) is 6.34. The molecule has 0 amide bonds. The second kappa shape index (κ2) is 2.60. The number of aryl methyl sites for hydroxylation is 1. The number of hydrogen-bond acceptors (Lipinski definition) is 0. The molecular weight excluding hydrogens is 156 g/mol. The molecule has 3 rings (SSSR count). The second-order valence-electron chi connectivity index (χ2n) is 4.69. The Labute approximate surface area is 80.0 Å². The Balaban J connectivity index is 2.15. The highest BCUT2D eigenvalue weighted by atomic mass is 14.4. The number of rotatable bonds is 0. The van der Waals surface area contributed by atoms with Crippen LogP contribution in [-0.4, -0.2) is 0 Å². The Morgan fingerprint density at radius 2 is 1.85 bits per heavy atom. The fraction of sp³-hybridized carbons (Fsp3) is 0.538. The molecule has 2 aliphatic carbocycles. The van der Waals surface area contributed by atoms with Gasteiger partial charge in [0.05, 0.1) is 0 Å². The van der Waals surface area contributed by atoms with Crippen LogP contribution in [0, 0.1) is 6.92 Å². The highest BCUT2D eigenvalue weighted by Crippen LogP contribution is 2.50. The molecule has 2 bridgehead atoms. The lowest BCUT2D eigenvalue weighted by Gasteiger charge is -2.18. The van der Waals surface area contributed by atoms with Gasteiger partial charge in [0.25, 0.3) is 0 Å². The summed E-state index contributed by atoms with van der Waals surface area (Å²) in [5, 5.41) is 0. The summed E-state index contributed by atoms with van der Waals surface area (Å²) in [6.45, 7) is 2.21. The molecular formula is C13H16. The summed E-state index contributed by atoms with van der Waals surface area (Å²) in [6, 6.07) is 7.07. The minimum absolute atomic E-state index is 0.911. The normalized spacial score (nSPS) is 30.2. The van der Waals surface area contributed by atoms with Crippen molar-refractivity contribution in [1.82, 2.24) is 0 Å². The molecule has 13 heavy (non-hydrogen) atoms. The molecule has 1 aromatic carbocycles. The second-order valence-corrected chi connectivity index (χ2v) is 4.69. The van der Waals surface area contributed by atoms with Crippen molar-refractivity contribution in [2.45, 2.75) is 44.4 Å². The Kier molecular flexibility index (Phi) is 1.52. The van der Waals surface area contributed by atoms with Gasteiger partial charge in [0.1, 0.15) is 0 Å². The van der Waals surface area contributed by atoms with Crippen molar-refractivity contribution in [2.75, 3.05) is 0 Å². The molecule has 1 saturated carbocycles. The van der Waals surface area contributed by atoms with Crippen LogP contribution in [0.1, 0.15) is 54.2 Å². The molecule has 0 spiro atoms. The van der Waals surface area contributed by atoms with Crippen LogP contribution in [0.2, 0.25) is 0 Å². The summed E-state index contributed by atoms with van der Waals surface area (Å²) in [5.41, 5.74) is 4.79. The minimum atomic E-state index is 0.911. The van der Waals surface area contributed by atoms with Crippen molar-refractivity contribution in [3.8, 4) is 0 Å². The van der Waals surface area contributed by atoms with Crippen molar-refractivity contribution in [3.63, 3.8) is 0 Å². The van der Waals surface area contributed by atoms with Gasteiger partial charge in [0, 0.05) is 0 Å². The number of fused-ring (bicyclic) bond motifs is 5. The minimum Gasteiger partial charge on any atom is -0.0590 e. The number of hydrogen-bond donors (Lipinski definition) is 0. The van der Waals surface area contributed by atoms with E-state index in [2.05, 4.69) is 25.1 Å². The summed E-state index contributed by atoms with van der Waals surface area (Å²) >= 11 is 0. The third-order valence-corrected chi connectivity index (χ3v) is 3.80. The van der Waals surface area contributed by atoms with E-state index in [4.69, 9.17) is 0 Å². The Hall–Kier alpha value is -0.780. The van der Waals surface area contributed by atoms with Crippen LogP contribution in [0.4, 0.5) is 0 Å². The van der Waals surface area contributed by atoms with E-state index in [9.17, 15) is 0 Å². The zero-order valence-electron chi connectivity index (χ0n) is 8.22. The quantitative estimate of drug-likeness (QED) is 0.559. The van der Waals surface area contributed by atoms with Gasteiger partial charge in [-0.2, -0.15) is 0 Å². The van der Waals surface area contributed by atoms with Crippen LogP contribution in [0.25, 0.3) is 0 Å². The average Bonchev–Trinajstić information content (AvgIpc) is 2.39. The van der Waals surface area contributed by atoms with Gasteiger partial charge in [0.2, 0.25) is 0 Å². The van der Waals surface area contributed by atoms with E-state index < -0.39 is 0 Å². The molecule has 68 valence electrons. The van der Waals surface area contributed by atoms with Crippen LogP contribution in [0.5, 0.6) is 0 Å². The van der Waals surface area contributed by atoms with Crippen molar-refractivity contribution in [2.24, 2.45) is 0 Å². The van der Waals surface area contributed by atoms with Gasteiger partial charge in [0.15, 0.2) is 0 Å². The molecule has 2 atom stereocenters. The summed E-state index contributed by atoms with van der Waals surface area (Å²) in [7, 11) is 0. The summed E-state index contributed by atoms with van der Waals surface area (Å²) < 4.78 is 0. The van der Waals surface area contributed by atoms with Gasteiger partial charge >= 0.3 is 0 Å². The Morgan fingerprint density at radius 1 is 1.08 bits per heavy atom. The first-order valence-electron chi connectivity index (χ1n) is 5.45. The van der Waals surface area contributed by atoms with Crippen LogP contribution in [0.15, 0.2) is 18.2 Å². The topological polar surface area (TPSA) is 0 Å². The maximum absolute atomic E-state index is 2.42. The molecule has 2 aliphatic rings. The fourth-order valence-corrected chi connectivity index (χ4v) is 3.17. The lowest BCUT2D eigenvalue weighted by atomic mass is 9.87. The van der Waals surface area contributed by atoms with Crippen molar-refractivity contribution >= 4 is 0 Å². The standard InChI is InChI=1S/C13H16/c1-9-5-6-12-10-3-2-4-11(8-10)13(12)7-9/h5-7,10-11H,2-4,8H2,1H3. The third kappa shape index (κ3) is 1.04. The fourth-order valence-electron chi connectivity index (χ4n) is 3.17. The monoisotopic (exact) mass is 172 g/mol. The maximum Gasteiger partial charge on any atom is -0.0153 e. The van der Waals surface area contributed by atoms with Crippen molar-refractivity contribution in [1.29, 1.82) is 0 Å². The summed E-state index contributed by atoms with van der Waals surface area (Å²) in [6.07, 6.45) is 5.77. The zero-order valence-corrected chi connectivity index (χ0v) is 8.22. The van der Waals surface area contributed by atoms with Crippen LogP contribution >= 0.6 is 0 Å². The first-order valence-corrected chi connectivity index (χ1v) is 5.45. The molecule has 0 aromatic heterocycles. The van der Waals surface area contributed by atoms with E-state index >= 15 is 0 Å². The molecule has 1 aromatic rings. The molecule has 1 fully saturated rings. The highest BCUT2D eigenvalue weighted by molar-refractivity contribution is 5.41. The van der Waals surface area contributed by atoms with Gasteiger partial charge in [-0.3, -0.25) is 0 Å². The lowest BCUT2D eigenvalue weighted by Crippen LogP contribution is -2.01. The predicted molar refractivity (Wildman–Crippen MR) is 55.1 cm³/mol. The molecule has 0 nitrogen and oxygen atoms in total. The van der Waals surface area contributed by atoms with E-state index in [0.717, 1.165) is 11.8 Å². The predicted octanol–water partition coefficient (Wildman–Crippen LogP) is 3.75. The number of benzene rings is 1. The molecule has 0 heterocycles.